The van der Waals surface area contributed by atoms with Crippen molar-refractivity contribution in [3.63, 3.8) is 0 Å². The Kier molecular flexibility index (Phi) is 5.27. The molecule has 6 heteroatoms. The van der Waals surface area contributed by atoms with Crippen molar-refractivity contribution < 1.29 is 18.3 Å². The molecule has 0 aliphatic carbocycles. The number of rotatable bonds is 7. The van der Waals surface area contributed by atoms with Crippen LogP contribution in [0.4, 0.5) is 8.78 Å². The van der Waals surface area contributed by atoms with E-state index in [9.17, 15) is 13.6 Å². The second-order valence-electron chi connectivity index (χ2n) is 4.17. The van der Waals surface area contributed by atoms with E-state index in [0.29, 0.717) is 13.1 Å². The fourth-order valence-electron chi connectivity index (χ4n) is 1.80. The zero-order valence-corrected chi connectivity index (χ0v) is 10.3. The summed E-state index contributed by atoms with van der Waals surface area (Å²) in [6, 6.07) is 0. The Bertz CT molecular complexity index is 258. The van der Waals surface area contributed by atoms with Crippen molar-refractivity contribution in [1.29, 1.82) is 0 Å². The number of carbonyl (C=O) groups excluding carboxylic acids is 1. The van der Waals surface area contributed by atoms with Crippen molar-refractivity contribution >= 4 is 5.97 Å². The molecule has 0 aromatic rings. The molecule has 0 aromatic heterocycles. The van der Waals surface area contributed by atoms with Gasteiger partial charge in [-0.25, -0.2) is 4.79 Å². The summed E-state index contributed by atoms with van der Waals surface area (Å²) in [5.74, 6) is -4.70. The second-order valence-corrected chi connectivity index (χ2v) is 4.17. The third-order valence-electron chi connectivity index (χ3n) is 2.93. The van der Waals surface area contributed by atoms with Crippen molar-refractivity contribution in [1.82, 2.24) is 10.2 Å². The summed E-state index contributed by atoms with van der Waals surface area (Å²) < 4.78 is 30.2. The number of halogens is 2. The predicted octanol–water partition coefficient (Wildman–Crippen LogP) is 0.869. The summed E-state index contributed by atoms with van der Waals surface area (Å²) in [6.45, 7) is 7.95. The van der Waals surface area contributed by atoms with E-state index < -0.39 is 24.4 Å². The highest BCUT2D eigenvalue weighted by Crippen LogP contribution is 2.30. The van der Waals surface area contributed by atoms with Gasteiger partial charge in [0.15, 0.2) is 0 Å². The van der Waals surface area contributed by atoms with E-state index in [0.717, 1.165) is 19.6 Å². The predicted molar refractivity (Wildman–Crippen MR) is 60.1 cm³/mol. The maximum Gasteiger partial charge on any atom is 0.377 e. The number of cyclic esters (lactones) is 1. The highest BCUT2D eigenvalue weighted by molar-refractivity contribution is 5.79. The Hall–Kier alpha value is -0.750. The number of likely N-dealkylation sites (N-methyl/N-ethyl adjacent to an activating group) is 1. The maximum absolute atomic E-state index is 12.8. The second kappa shape index (κ2) is 6.26. The SMILES string of the molecule is CCN(CC)CCNCC1CC(F)(F)C(=O)O1. The van der Waals surface area contributed by atoms with E-state index in [2.05, 4.69) is 28.8 Å². The number of esters is 1. The smallest absolute Gasteiger partial charge is 0.377 e. The lowest BCUT2D eigenvalue weighted by molar-refractivity contribution is -0.159. The summed E-state index contributed by atoms with van der Waals surface area (Å²) in [6.07, 6.45) is -1.21. The maximum atomic E-state index is 12.8. The first kappa shape index (κ1) is 14.3. The quantitative estimate of drug-likeness (QED) is 0.538. The zero-order valence-electron chi connectivity index (χ0n) is 10.3. The Morgan fingerprint density at radius 1 is 1.47 bits per heavy atom. The lowest BCUT2D eigenvalue weighted by atomic mass is 10.2. The minimum absolute atomic E-state index is 0.294. The molecular weight excluding hydrogens is 230 g/mol. The average Bonchev–Trinajstić information content (AvgIpc) is 2.53. The Morgan fingerprint density at radius 3 is 2.59 bits per heavy atom. The topological polar surface area (TPSA) is 41.6 Å². The molecule has 4 nitrogen and oxygen atoms in total. The molecule has 1 fully saturated rings. The molecular formula is C11H20F2N2O2. The van der Waals surface area contributed by atoms with Gasteiger partial charge in [-0.3, -0.25) is 0 Å². The molecule has 1 atom stereocenters. The Labute approximate surface area is 100 Å². The molecule has 17 heavy (non-hydrogen) atoms. The summed E-state index contributed by atoms with van der Waals surface area (Å²) in [7, 11) is 0. The van der Waals surface area contributed by atoms with Gasteiger partial charge in [-0.15, -0.1) is 0 Å². The van der Waals surface area contributed by atoms with Crippen LogP contribution in [0.1, 0.15) is 20.3 Å². The third kappa shape index (κ3) is 4.20. The summed E-state index contributed by atoms with van der Waals surface area (Å²) >= 11 is 0. The number of carbonyl (C=O) groups is 1. The van der Waals surface area contributed by atoms with Crippen LogP contribution in [0.3, 0.4) is 0 Å². The molecule has 1 unspecified atom stereocenters. The summed E-state index contributed by atoms with van der Waals surface area (Å²) in [4.78, 5) is 13.0. The molecule has 0 aromatic carbocycles. The van der Waals surface area contributed by atoms with Crippen LogP contribution < -0.4 is 5.32 Å². The highest BCUT2D eigenvalue weighted by atomic mass is 19.3. The van der Waals surface area contributed by atoms with Gasteiger partial charge in [-0.2, -0.15) is 8.78 Å². The molecule has 0 amide bonds. The molecule has 100 valence electrons. The van der Waals surface area contributed by atoms with Crippen LogP contribution in [0.25, 0.3) is 0 Å². The van der Waals surface area contributed by atoms with Crippen LogP contribution in [-0.2, 0) is 9.53 Å². The summed E-state index contributed by atoms with van der Waals surface area (Å²) in [5.41, 5.74) is 0. The standard InChI is InChI=1S/C11H20F2N2O2/c1-3-15(4-2)6-5-14-8-9-7-11(12,13)10(16)17-9/h9,14H,3-8H2,1-2H3. The first-order chi connectivity index (χ1) is 7.99. The van der Waals surface area contributed by atoms with Crippen LogP contribution in [0.5, 0.6) is 0 Å². The first-order valence-corrected chi connectivity index (χ1v) is 6.01. The fourth-order valence-corrected chi connectivity index (χ4v) is 1.80. The van der Waals surface area contributed by atoms with Crippen molar-refractivity contribution in [2.24, 2.45) is 0 Å². The molecule has 1 heterocycles. The average molecular weight is 250 g/mol. The molecule has 1 N–H and O–H groups in total. The molecule has 1 saturated heterocycles. The molecule has 1 aliphatic rings. The minimum Gasteiger partial charge on any atom is -0.456 e. The van der Waals surface area contributed by atoms with Gasteiger partial charge in [0.2, 0.25) is 0 Å². The molecule has 1 rings (SSSR count). The van der Waals surface area contributed by atoms with Gasteiger partial charge in [0, 0.05) is 19.6 Å². The van der Waals surface area contributed by atoms with Crippen LogP contribution in [0, 0.1) is 0 Å². The fraction of sp³-hybridized carbons (Fsp3) is 0.909. The molecule has 0 radical (unpaired) electrons. The monoisotopic (exact) mass is 250 g/mol. The van der Waals surface area contributed by atoms with Crippen molar-refractivity contribution in [3.8, 4) is 0 Å². The number of nitrogens with zero attached hydrogens (tertiary/aromatic N) is 1. The van der Waals surface area contributed by atoms with Crippen molar-refractivity contribution in [2.75, 3.05) is 32.7 Å². The largest absolute Gasteiger partial charge is 0.456 e. The van der Waals surface area contributed by atoms with E-state index in [1.165, 1.54) is 0 Å². The number of nitrogens with one attached hydrogen (secondary N) is 1. The lowest BCUT2D eigenvalue weighted by Gasteiger charge is -2.18. The normalized spacial score (nSPS) is 23.1. The first-order valence-electron chi connectivity index (χ1n) is 6.01. The van der Waals surface area contributed by atoms with E-state index >= 15 is 0 Å². The zero-order chi connectivity index (χ0) is 12.9. The number of hydrogen-bond acceptors (Lipinski definition) is 4. The third-order valence-corrected chi connectivity index (χ3v) is 2.93. The van der Waals surface area contributed by atoms with Gasteiger partial charge in [0.1, 0.15) is 6.10 Å². The summed E-state index contributed by atoms with van der Waals surface area (Å²) in [5, 5.41) is 3.03. The van der Waals surface area contributed by atoms with Crippen molar-refractivity contribution in [3.05, 3.63) is 0 Å². The molecule has 0 spiro atoms. The van der Waals surface area contributed by atoms with Gasteiger partial charge in [0.05, 0.1) is 6.42 Å². The Balaban J connectivity index is 2.14. The number of hydrogen-bond donors (Lipinski definition) is 1. The Morgan fingerprint density at radius 2 is 2.12 bits per heavy atom. The van der Waals surface area contributed by atoms with Crippen LogP contribution in [0.15, 0.2) is 0 Å². The van der Waals surface area contributed by atoms with E-state index in [-0.39, 0.29) is 0 Å². The van der Waals surface area contributed by atoms with Gasteiger partial charge in [0.25, 0.3) is 0 Å². The van der Waals surface area contributed by atoms with Crippen LogP contribution in [0.2, 0.25) is 0 Å². The number of alkyl halides is 2. The molecule has 0 saturated carbocycles. The number of ether oxygens (including phenoxy) is 1. The lowest BCUT2D eigenvalue weighted by Crippen LogP contribution is -2.35. The highest BCUT2D eigenvalue weighted by Gasteiger charge is 2.50. The molecule has 0 bridgehead atoms. The van der Waals surface area contributed by atoms with Gasteiger partial charge < -0.3 is 15.0 Å². The van der Waals surface area contributed by atoms with E-state index in [1.54, 1.807) is 0 Å². The van der Waals surface area contributed by atoms with Gasteiger partial charge in [-0.05, 0) is 13.1 Å². The van der Waals surface area contributed by atoms with E-state index in [4.69, 9.17) is 0 Å². The molecule has 1 aliphatic heterocycles. The van der Waals surface area contributed by atoms with Crippen LogP contribution >= 0.6 is 0 Å². The van der Waals surface area contributed by atoms with Crippen molar-refractivity contribution in [2.45, 2.75) is 32.3 Å². The minimum atomic E-state index is -3.30. The van der Waals surface area contributed by atoms with Crippen LogP contribution in [-0.4, -0.2) is 55.6 Å². The van der Waals surface area contributed by atoms with E-state index in [1.807, 2.05) is 0 Å². The van der Waals surface area contributed by atoms with Gasteiger partial charge in [-0.1, -0.05) is 13.8 Å². The van der Waals surface area contributed by atoms with Gasteiger partial charge >= 0.3 is 11.9 Å².